The average molecular weight is 745 g/mol. The van der Waals surface area contributed by atoms with E-state index in [1.165, 1.54) is 7.11 Å². The van der Waals surface area contributed by atoms with E-state index in [9.17, 15) is 28.0 Å². The zero-order chi connectivity index (χ0) is 39.0. The van der Waals surface area contributed by atoms with Gasteiger partial charge in [0.15, 0.2) is 11.6 Å². The van der Waals surface area contributed by atoms with Gasteiger partial charge in [-0.3, -0.25) is 14.7 Å². The van der Waals surface area contributed by atoms with Crippen molar-refractivity contribution in [2.75, 3.05) is 19.0 Å². The molecule has 286 valence electrons. The van der Waals surface area contributed by atoms with E-state index in [0.29, 0.717) is 36.2 Å². The van der Waals surface area contributed by atoms with Gasteiger partial charge in [-0.15, -0.1) is 0 Å². The van der Waals surface area contributed by atoms with E-state index in [1.807, 2.05) is 37.3 Å². The molecule has 1 atom stereocenters. The SMILES string of the molecule is COC(=O)c1ccc(-c2ccc(C[C@H](NC(=O)C3CCC(CNC(=O)OC(C)(C)C)CC3)C(=O)Nc3ccc(-c4n[nH]c(C(F)F)n4)cc3)cc2)c(C)c1. The number of H-pyrrole nitrogens is 1. The number of benzene rings is 3. The smallest absolute Gasteiger partial charge is 0.407 e. The van der Waals surface area contributed by atoms with Crippen LogP contribution in [0.15, 0.2) is 66.7 Å². The van der Waals surface area contributed by atoms with E-state index in [2.05, 4.69) is 31.1 Å². The Kier molecular flexibility index (Phi) is 12.8. The van der Waals surface area contributed by atoms with Crippen LogP contribution >= 0.6 is 0 Å². The largest absolute Gasteiger partial charge is 0.465 e. The first-order chi connectivity index (χ1) is 25.7. The lowest BCUT2D eigenvalue weighted by Gasteiger charge is -2.29. The molecule has 1 aliphatic rings. The van der Waals surface area contributed by atoms with E-state index in [-0.39, 0.29) is 30.0 Å². The fraction of sp³-hybridized carbons (Fsp3) is 0.400. The summed E-state index contributed by atoms with van der Waals surface area (Å²) in [5, 5.41) is 14.7. The minimum absolute atomic E-state index is 0.0988. The molecule has 0 bridgehead atoms. The first kappa shape index (κ1) is 39.5. The van der Waals surface area contributed by atoms with Crippen molar-refractivity contribution in [3.8, 4) is 22.5 Å². The van der Waals surface area contributed by atoms with Crippen LogP contribution in [0.1, 0.15) is 80.2 Å². The number of ether oxygens (including phenoxy) is 2. The van der Waals surface area contributed by atoms with Gasteiger partial charge in [0, 0.05) is 30.1 Å². The summed E-state index contributed by atoms with van der Waals surface area (Å²) in [6.45, 7) is 7.79. The van der Waals surface area contributed by atoms with Crippen LogP contribution in [-0.2, 0) is 25.5 Å². The number of nitrogens with zero attached hydrogens (tertiary/aromatic N) is 2. The van der Waals surface area contributed by atoms with Crippen LogP contribution in [0.25, 0.3) is 22.5 Å². The summed E-state index contributed by atoms with van der Waals surface area (Å²) in [5.74, 6) is -1.59. The summed E-state index contributed by atoms with van der Waals surface area (Å²) < 4.78 is 36.1. The Morgan fingerprint density at radius 2 is 1.59 bits per heavy atom. The number of aromatic nitrogens is 3. The van der Waals surface area contributed by atoms with Crippen molar-refractivity contribution in [3.05, 3.63) is 89.2 Å². The van der Waals surface area contributed by atoms with Gasteiger partial charge in [0.2, 0.25) is 11.8 Å². The first-order valence-corrected chi connectivity index (χ1v) is 17.9. The minimum Gasteiger partial charge on any atom is -0.465 e. The van der Waals surface area contributed by atoms with Gasteiger partial charge < -0.3 is 25.4 Å². The standard InChI is InChI=1S/C40H46F2N6O6/c1-23-20-29(38(51)53-5)16-19-31(23)26-10-6-24(7-11-26)21-32(37(50)44-30-17-14-27(15-18-30)34-46-35(33(41)42)48-47-34)45-36(49)28-12-8-25(9-13-28)22-43-39(52)54-40(2,3)4/h6-7,10-11,14-20,25,28,32-33H,8-9,12-13,21-22H2,1-5H3,(H,43,52)(H,44,50)(H,45,49)(H,46,47,48)/t25?,28?,32-/m0/s1. The Morgan fingerprint density at radius 3 is 2.19 bits per heavy atom. The van der Waals surface area contributed by atoms with Gasteiger partial charge in [-0.25, -0.2) is 23.4 Å². The highest BCUT2D eigenvalue weighted by Gasteiger charge is 2.30. The number of anilines is 1. The Hall–Kier alpha value is -5.66. The summed E-state index contributed by atoms with van der Waals surface area (Å²) in [6.07, 6.45) is -0.347. The topological polar surface area (TPSA) is 164 Å². The molecule has 4 aromatic rings. The van der Waals surface area contributed by atoms with Crippen LogP contribution in [0.5, 0.6) is 0 Å². The third-order valence-electron chi connectivity index (χ3n) is 9.26. The van der Waals surface area contributed by atoms with Crippen molar-refractivity contribution in [3.63, 3.8) is 0 Å². The maximum atomic E-state index is 13.8. The maximum absolute atomic E-state index is 13.8. The second kappa shape index (κ2) is 17.4. The third-order valence-corrected chi connectivity index (χ3v) is 9.26. The Labute approximate surface area is 312 Å². The number of nitrogens with one attached hydrogen (secondary N) is 4. The van der Waals surface area contributed by atoms with Crippen LogP contribution in [0, 0.1) is 18.8 Å². The van der Waals surface area contributed by atoms with Gasteiger partial charge in [0.1, 0.15) is 11.6 Å². The summed E-state index contributed by atoms with van der Waals surface area (Å²) in [5.41, 5.74) is 4.35. The molecule has 54 heavy (non-hydrogen) atoms. The molecule has 14 heteroatoms. The lowest BCUT2D eigenvalue weighted by molar-refractivity contribution is -0.130. The molecule has 0 unspecified atom stereocenters. The maximum Gasteiger partial charge on any atom is 0.407 e. The van der Waals surface area contributed by atoms with Gasteiger partial charge >= 0.3 is 12.1 Å². The number of alkyl halides is 2. The van der Waals surface area contributed by atoms with Gasteiger partial charge in [-0.1, -0.05) is 30.3 Å². The molecule has 0 aliphatic heterocycles. The lowest BCUT2D eigenvalue weighted by atomic mass is 9.81. The highest BCUT2D eigenvalue weighted by Crippen LogP contribution is 2.30. The molecule has 1 fully saturated rings. The van der Waals surface area contributed by atoms with Crippen LogP contribution in [0.4, 0.5) is 19.3 Å². The number of aryl methyl sites for hydroxylation is 1. The molecule has 0 spiro atoms. The van der Waals surface area contributed by atoms with Crippen LogP contribution < -0.4 is 16.0 Å². The highest BCUT2D eigenvalue weighted by atomic mass is 19.3. The quantitative estimate of drug-likeness (QED) is 0.111. The fourth-order valence-electron chi connectivity index (χ4n) is 6.39. The number of rotatable bonds is 12. The monoisotopic (exact) mass is 744 g/mol. The number of hydrogen-bond donors (Lipinski definition) is 4. The molecular weight excluding hydrogens is 698 g/mol. The second-order valence-electron chi connectivity index (χ2n) is 14.5. The molecule has 3 aromatic carbocycles. The number of halogens is 2. The molecule has 0 radical (unpaired) electrons. The first-order valence-electron chi connectivity index (χ1n) is 17.9. The predicted octanol–water partition coefficient (Wildman–Crippen LogP) is 7.17. The van der Waals surface area contributed by atoms with Crippen molar-refractivity contribution >= 4 is 29.6 Å². The van der Waals surface area contributed by atoms with E-state index in [1.54, 1.807) is 57.2 Å². The van der Waals surface area contributed by atoms with Crippen LogP contribution in [0.3, 0.4) is 0 Å². The summed E-state index contributed by atoms with van der Waals surface area (Å²) in [7, 11) is 1.34. The van der Waals surface area contributed by atoms with E-state index in [4.69, 9.17) is 9.47 Å². The van der Waals surface area contributed by atoms with E-state index >= 15 is 0 Å². The van der Waals surface area contributed by atoms with Crippen molar-refractivity contribution in [2.24, 2.45) is 11.8 Å². The zero-order valence-electron chi connectivity index (χ0n) is 31.0. The number of amides is 3. The number of aromatic amines is 1. The summed E-state index contributed by atoms with van der Waals surface area (Å²) in [6, 6.07) is 18.5. The molecule has 1 aliphatic carbocycles. The number of esters is 1. The predicted molar refractivity (Wildman–Crippen MR) is 199 cm³/mol. The van der Waals surface area contributed by atoms with Crippen LogP contribution in [0.2, 0.25) is 0 Å². The lowest BCUT2D eigenvalue weighted by Crippen LogP contribution is -2.48. The van der Waals surface area contributed by atoms with Crippen molar-refractivity contribution in [1.82, 2.24) is 25.8 Å². The van der Waals surface area contributed by atoms with Crippen molar-refractivity contribution in [1.29, 1.82) is 0 Å². The van der Waals surface area contributed by atoms with Gasteiger partial charge in [-0.2, -0.15) is 5.10 Å². The van der Waals surface area contributed by atoms with Crippen molar-refractivity contribution < 1.29 is 37.4 Å². The average Bonchev–Trinajstić information content (AvgIpc) is 3.65. The number of alkyl carbamates (subject to hydrolysis) is 1. The van der Waals surface area contributed by atoms with Gasteiger partial charge in [0.05, 0.1) is 12.7 Å². The number of hydrogen-bond acceptors (Lipinski definition) is 8. The summed E-state index contributed by atoms with van der Waals surface area (Å²) >= 11 is 0. The number of methoxy groups -OCH3 is 1. The molecule has 4 N–H and O–H groups in total. The molecule has 5 rings (SSSR count). The Bertz CT molecular complexity index is 1930. The Morgan fingerprint density at radius 1 is 0.926 bits per heavy atom. The molecular formula is C40H46F2N6O6. The van der Waals surface area contributed by atoms with Gasteiger partial charge in [-0.05, 0) is 118 Å². The van der Waals surface area contributed by atoms with E-state index < -0.39 is 41.9 Å². The fourth-order valence-corrected chi connectivity index (χ4v) is 6.39. The highest BCUT2D eigenvalue weighted by molar-refractivity contribution is 5.98. The molecule has 1 aromatic heterocycles. The normalized spacial score (nSPS) is 16.3. The van der Waals surface area contributed by atoms with Crippen LogP contribution in [-0.4, -0.2) is 64.4 Å². The molecule has 12 nitrogen and oxygen atoms in total. The van der Waals surface area contributed by atoms with Crippen molar-refractivity contribution in [2.45, 2.75) is 77.9 Å². The van der Waals surface area contributed by atoms with Gasteiger partial charge in [0.25, 0.3) is 6.43 Å². The number of carbonyl (C=O) groups is 4. The summed E-state index contributed by atoms with van der Waals surface area (Å²) in [4.78, 5) is 55.3. The number of carbonyl (C=O) groups excluding carboxylic acids is 4. The molecule has 1 heterocycles. The van der Waals surface area contributed by atoms with E-state index in [0.717, 1.165) is 35.1 Å². The second-order valence-corrected chi connectivity index (χ2v) is 14.5. The molecule has 1 saturated carbocycles. The Balaban J connectivity index is 1.26. The molecule has 3 amide bonds. The minimum atomic E-state index is -2.78. The molecule has 0 saturated heterocycles. The third kappa shape index (κ3) is 10.7. The zero-order valence-corrected chi connectivity index (χ0v) is 31.0.